The number of anilines is 2. The van der Waals surface area contributed by atoms with Gasteiger partial charge in [0, 0.05) is 25.2 Å². The lowest BCUT2D eigenvalue weighted by molar-refractivity contribution is -0.125. The normalized spacial score (nSPS) is 14.6. The van der Waals surface area contributed by atoms with Crippen LogP contribution in [0.2, 0.25) is 5.02 Å². The molecule has 1 aliphatic rings. The van der Waals surface area contributed by atoms with Crippen molar-refractivity contribution in [2.45, 2.75) is 25.8 Å². The van der Waals surface area contributed by atoms with E-state index in [0.29, 0.717) is 34.6 Å². The molecule has 37 heavy (non-hydrogen) atoms. The first-order valence-corrected chi connectivity index (χ1v) is 12.9. The second-order valence-electron chi connectivity index (χ2n) is 8.99. The molecular formula is C26H24ClN7O2S. The predicted molar refractivity (Wildman–Crippen MR) is 143 cm³/mol. The van der Waals surface area contributed by atoms with Crippen LogP contribution in [0, 0.1) is 0 Å². The summed E-state index contributed by atoms with van der Waals surface area (Å²) in [6.45, 7) is 4.07. The highest BCUT2D eigenvalue weighted by molar-refractivity contribution is 7.14. The topological polar surface area (TPSA) is 104 Å². The van der Waals surface area contributed by atoms with E-state index in [-0.39, 0.29) is 12.5 Å². The number of benzene rings is 2. The van der Waals surface area contributed by atoms with E-state index < -0.39 is 11.6 Å². The van der Waals surface area contributed by atoms with Gasteiger partial charge >= 0.3 is 6.03 Å². The molecule has 0 atom stereocenters. The summed E-state index contributed by atoms with van der Waals surface area (Å²) >= 11 is 7.93. The van der Waals surface area contributed by atoms with Crippen LogP contribution in [-0.2, 0) is 11.2 Å². The molecular weight excluding hydrogens is 510 g/mol. The number of hydrogen-bond acceptors (Lipinski definition) is 8. The summed E-state index contributed by atoms with van der Waals surface area (Å²) in [6.07, 6.45) is 2.21. The van der Waals surface area contributed by atoms with Crippen LogP contribution in [0.15, 0.2) is 66.9 Å². The van der Waals surface area contributed by atoms with Crippen molar-refractivity contribution < 1.29 is 9.59 Å². The molecule has 188 valence electrons. The highest BCUT2D eigenvalue weighted by Crippen LogP contribution is 2.32. The number of hydrogen-bond donors (Lipinski definition) is 1. The molecule has 1 N–H and O–H groups in total. The lowest BCUT2D eigenvalue weighted by Crippen LogP contribution is -2.47. The van der Waals surface area contributed by atoms with Crippen molar-refractivity contribution in [1.82, 2.24) is 30.4 Å². The van der Waals surface area contributed by atoms with E-state index in [2.05, 4.69) is 20.5 Å². The second-order valence-corrected chi connectivity index (χ2v) is 10.5. The molecule has 3 amide bonds. The fraction of sp³-hybridized carbons (Fsp3) is 0.231. The second kappa shape index (κ2) is 10.2. The maximum Gasteiger partial charge on any atom is 0.325 e. The van der Waals surface area contributed by atoms with E-state index in [1.807, 2.05) is 65.6 Å². The minimum Gasteiger partial charge on any atom is -0.309 e. The molecule has 0 radical (unpaired) electrons. The number of rotatable bonds is 8. The Hall–Kier alpha value is -3.89. The van der Waals surface area contributed by atoms with E-state index in [9.17, 15) is 9.59 Å². The zero-order chi connectivity index (χ0) is 26.0. The Morgan fingerprint density at radius 1 is 1.03 bits per heavy atom. The Bertz CT molecular complexity index is 1430. The number of aromatic nitrogens is 4. The quantitative estimate of drug-likeness (QED) is 0.327. The summed E-state index contributed by atoms with van der Waals surface area (Å²) in [6, 6.07) is 19.2. The van der Waals surface area contributed by atoms with Gasteiger partial charge in [0.15, 0.2) is 5.01 Å². The van der Waals surface area contributed by atoms with Gasteiger partial charge in [-0.3, -0.25) is 10.1 Å². The average Bonchev–Trinajstić information content (AvgIpc) is 3.43. The van der Waals surface area contributed by atoms with Gasteiger partial charge in [-0.05, 0) is 31.5 Å². The number of halogens is 1. The summed E-state index contributed by atoms with van der Waals surface area (Å²) in [7, 11) is 0. The Morgan fingerprint density at radius 3 is 2.41 bits per heavy atom. The maximum absolute atomic E-state index is 12.4. The van der Waals surface area contributed by atoms with Crippen LogP contribution in [0.1, 0.15) is 24.4 Å². The van der Waals surface area contributed by atoms with Gasteiger partial charge in [0.25, 0.3) is 5.91 Å². The van der Waals surface area contributed by atoms with Crippen LogP contribution in [0.4, 0.5) is 16.4 Å². The van der Waals surface area contributed by atoms with Crippen molar-refractivity contribution in [1.29, 1.82) is 0 Å². The van der Waals surface area contributed by atoms with Gasteiger partial charge in [-0.1, -0.05) is 71.5 Å². The molecule has 4 aromatic rings. The molecule has 1 fully saturated rings. The van der Waals surface area contributed by atoms with E-state index in [0.717, 1.165) is 16.3 Å². The Morgan fingerprint density at radius 2 is 1.73 bits per heavy atom. The molecule has 5 rings (SSSR count). The molecule has 0 saturated carbocycles. The minimum absolute atomic E-state index is 0.279. The van der Waals surface area contributed by atoms with Crippen LogP contribution in [0.5, 0.6) is 0 Å². The van der Waals surface area contributed by atoms with Crippen molar-refractivity contribution >= 4 is 46.5 Å². The fourth-order valence-corrected chi connectivity index (χ4v) is 5.17. The summed E-state index contributed by atoms with van der Waals surface area (Å²) in [4.78, 5) is 37.3. The van der Waals surface area contributed by atoms with Crippen molar-refractivity contribution in [2.24, 2.45) is 0 Å². The summed E-state index contributed by atoms with van der Waals surface area (Å²) < 4.78 is 0. The van der Waals surface area contributed by atoms with Crippen molar-refractivity contribution in [3.05, 3.63) is 82.5 Å². The lowest BCUT2D eigenvalue weighted by Gasteiger charge is -2.31. The van der Waals surface area contributed by atoms with E-state index >= 15 is 0 Å². The molecule has 0 aliphatic carbocycles. The molecule has 0 spiro atoms. The number of nitrogens with zero attached hydrogens (tertiary/aromatic N) is 6. The smallest absolute Gasteiger partial charge is 0.309 e. The monoisotopic (exact) mass is 533 g/mol. The van der Waals surface area contributed by atoms with Gasteiger partial charge in [-0.25, -0.2) is 14.8 Å². The van der Waals surface area contributed by atoms with Crippen LogP contribution >= 0.6 is 22.9 Å². The highest BCUT2D eigenvalue weighted by atomic mass is 35.5. The first-order valence-electron chi connectivity index (χ1n) is 11.7. The van der Waals surface area contributed by atoms with Crippen molar-refractivity contribution in [2.75, 3.05) is 18.0 Å². The maximum atomic E-state index is 12.4. The third kappa shape index (κ3) is 5.16. The van der Waals surface area contributed by atoms with Gasteiger partial charge in [0.1, 0.15) is 16.2 Å². The summed E-state index contributed by atoms with van der Waals surface area (Å²) in [5.74, 6) is 0.0746. The zero-order valence-corrected chi connectivity index (χ0v) is 21.8. The van der Waals surface area contributed by atoms with Crippen LogP contribution in [0.25, 0.3) is 10.7 Å². The number of urea groups is 1. The van der Waals surface area contributed by atoms with Gasteiger partial charge in [-0.2, -0.15) is 0 Å². The SMILES string of the molecule is CC1(C)C(=O)NC(=O)N1CCN(c1ccccc1)c1ncc(Cl)c(-c2nnc(Cc3ccccc3)s2)n1. The largest absolute Gasteiger partial charge is 0.325 e. The number of amides is 3. The number of imide groups is 1. The summed E-state index contributed by atoms with van der Waals surface area (Å²) in [5.41, 5.74) is 1.51. The van der Waals surface area contributed by atoms with Gasteiger partial charge in [-0.15, -0.1) is 10.2 Å². The number of para-hydroxylation sites is 1. The van der Waals surface area contributed by atoms with Gasteiger partial charge in [0.2, 0.25) is 5.95 Å². The number of carbonyl (C=O) groups is 2. The van der Waals surface area contributed by atoms with Crippen molar-refractivity contribution in [3.63, 3.8) is 0 Å². The van der Waals surface area contributed by atoms with Crippen LogP contribution < -0.4 is 10.2 Å². The van der Waals surface area contributed by atoms with E-state index in [1.165, 1.54) is 16.2 Å². The highest BCUT2D eigenvalue weighted by Gasteiger charge is 2.45. The van der Waals surface area contributed by atoms with Gasteiger partial charge < -0.3 is 9.80 Å². The molecule has 2 aromatic heterocycles. The lowest BCUT2D eigenvalue weighted by atomic mass is 10.0. The standard InChI is InChI=1S/C26H24ClN7O2S/c1-26(2)23(35)30-25(36)34(26)14-13-33(18-11-7-4-8-12-18)24-28-16-19(27)21(29-24)22-32-31-20(37-22)15-17-9-5-3-6-10-17/h3-12,16H,13-15H2,1-2H3,(H,30,35,36). The predicted octanol–water partition coefficient (Wildman–Crippen LogP) is 4.71. The Kier molecular flexibility index (Phi) is 6.86. The Labute approximate surface area is 223 Å². The third-order valence-electron chi connectivity index (χ3n) is 6.15. The van der Waals surface area contributed by atoms with E-state index in [1.54, 1.807) is 20.0 Å². The molecule has 1 saturated heterocycles. The molecule has 2 aromatic carbocycles. The average molecular weight is 534 g/mol. The zero-order valence-electron chi connectivity index (χ0n) is 20.3. The molecule has 3 heterocycles. The van der Waals surface area contributed by atoms with Crippen molar-refractivity contribution in [3.8, 4) is 10.7 Å². The first kappa shape index (κ1) is 24.8. The Balaban J connectivity index is 1.44. The minimum atomic E-state index is -0.951. The van der Waals surface area contributed by atoms with Gasteiger partial charge in [0.05, 0.1) is 11.2 Å². The summed E-state index contributed by atoms with van der Waals surface area (Å²) in [5, 5.41) is 12.9. The van der Waals surface area contributed by atoms with E-state index in [4.69, 9.17) is 16.6 Å². The van der Waals surface area contributed by atoms with Crippen LogP contribution in [0.3, 0.4) is 0 Å². The molecule has 11 heteroatoms. The molecule has 9 nitrogen and oxygen atoms in total. The fourth-order valence-electron chi connectivity index (χ4n) is 4.06. The third-order valence-corrected chi connectivity index (χ3v) is 7.36. The molecule has 0 bridgehead atoms. The molecule has 0 unspecified atom stereocenters. The first-order chi connectivity index (χ1) is 17.8. The van der Waals surface area contributed by atoms with Crippen LogP contribution in [-0.4, -0.2) is 55.6 Å². The molecule has 1 aliphatic heterocycles. The number of carbonyl (C=O) groups excluding carboxylic acids is 2. The number of nitrogens with one attached hydrogen (secondary N) is 1.